The molecule has 3 aromatic heterocycles. The number of nitrogens with zero attached hydrogens (tertiary/aromatic N) is 5. The molecule has 0 aliphatic carbocycles. The number of fused-ring (bicyclic) bond motifs is 1. The molecule has 0 radical (unpaired) electrons. The summed E-state index contributed by atoms with van der Waals surface area (Å²) < 4.78 is 32.5. The molecule has 0 amide bonds. The summed E-state index contributed by atoms with van der Waals surface area (Å²) in [6.07, 6.45) is 4.21. The Labute approximate surface area is 200 Å². The second kappa shape index (κ2) is 9.22. The van der Waals surface area contributed by atoms with Crippen LogP contribution in [0.15, 0.2) is 48.1 Å². The van der Waals surface area contributed by atoms with Crippen molar-refractivity contribution in [3.8, 4) is 11.4 Å². The van der Waals surface area contributed by atoms with Gasteiger partial charge in [-0.2, -0.15) is 0 Å². The lowest BCUT2D eigenvalue weighted by Gasteiger charge is -2.34. The summed E-state index contributed by atoms with van der Waals surface area (Å²) in [4.78, 5) is 19.9. The van der Waals surface area contributed by atoms with E-state index in [2.05, 4.69) is 24.6 Å². The Bertz CT molecular complexity index is 1420. The van der Waals surface area contributed by atoms with Crippen LogP contribution in [0.25, 0.3) is 21.6 Å². The number of morpholine rings is 1. The molecule has 10 nitrogen and oxygen atoms in total. The molecule has 34 heavy (non-hydrogen) atoms. The second-order valence-electron chi connectivity index (χ2n) is 7.98. The molecular formula is C22H23N7O3S2. The summed E-state index contributed by atoms with van der Waals surface area (Å²) in [7, 11) is -3.27. The lowest BCUT2D eigenvalue weighted by Crippen LogP contribution is -2.39. The van der Waals surface area contributed by atoms with E-state index in [4.69, 9.17) is 15.5 Å². The number of benzene rings is 1. The van der Waals surface area contributed by atoms with E-state index in [0.29, 0.717) is 31.1 Å². The molecule has 4 aromatic rings. The van der Waals surface area contributed by atoms with Gasteiger partial charge < -0.3 is 15.4 Å². The van der Waals surface area contributed by atoms with Gasteiger partial charge in [0.1, 0.15) is 6.10 Å². The maximum Gasteiger partial charge on any atom is 0.219 e. The van der Waals surface area contributed by atoms with Crippen LogP contribution in [0.3, 0.4) is 0 Å². The molecule has 3 N–H and O–H groups in total. The monoisotopic (exact) mass is 497 g/mol. The quantitative estimate of drug-likeness (QED) is 0.411. The SMILES string of the molecule is CS(=O)(=O)NCc1cccc(C2CN(c3nc(-c4cnc(N)nc4)nc4ccsc34)CCO2)c1. The average Bonchev–Trinajstić information content (AvgIpc) is 3.31. The van der Waals surface area contributed by atoms with Crippen LogP contribution >= 0.6 is 11.3 Å². The van der Waals surface area contributed by atoms with Crippen LogP contribution in [0.5, 0.6) is 0 Å². The van der Waals surface area contributed by atoms with Gasteiger partial charge in [-0.05, 0) is 22.6 Å². The normalized spacial score (nSPS) is 16.7. The van der Waals surface area contributed by atoms with Crippen molar-refractivity contribution in [1.82, 2.24) is 24.7 Å². The standard InChI is InChI=1S/C22H23N7O3S2/c1-34(30,31)26-10-14-3-2-4-15(9-14)18-13-29(6-7-32-18)21-19-17(5-8-33-19)27-20(28-21)16-11-24-22(23)25-12-16/h2-5,8-9,11-12,18,26H,6-7,10,13H2,1H3,(H2,23,24,25). The minimum absolute atomic E-state index is 0.180. The maximum atomic E-state index is 11.5. The van der Waals surface area contributed by atoms with Gasteiger partial charge in [0.2, 0.25) is 16.0 Å². The number of hydrogen-bond donors (Lipinski definition) is 2. The van der Waals surface area contributed by atoms with E-state index in [9.17, 15) is 8.42 Å². The largest absolute Gasteiger partial charge is 0.370 e. The van der Waals surface area contributed by atoms with E-state index < -0.39 is 10.0 Å². The zero-order chi connectivity index (χ0) is 23.7. The molecule has 1 atom stereocenters. The maximum absolute atomic E-state index is 11.5. The second-order valence-corrected chi connectivity index (χ2v) is 10.7. The predicted octanol–water partition coefficient (Wildman–Crippen LogP) is 2.36. The first-order valence-corrected chi connectivity index (χ1v) is 13.4. The van der Waals surface area contributed by atoms with Crippen LogP contribution in [0, 0.1) is 0 Å². The van der Waals surface area contributed by atoms with Gasteiger partial charge in [0.15, 0.2) is 11.6 Å². The molecule has 1 aromatic carbocycles. The number of hydrogen-bond acceptors (Lipinski definition) is 10. The highest BCUT2D eigenvalue weighted by molar-refractivity contribution is 7.88. The Morgan fingerprint density at radius 1 is 1.24 bits per heavy atom. The van der Waals surface area contributed by atoms with Crippen molar-refractivity contribution in [1.29, 1.82) is 0 Å². The summed E-state index contributed by atoms with van der Waals surface area (Å²) in [5.74, 6) is 1.58. The average molecular weight is 498 g/mol. The lowest BCUT2D eigenvalue weighted by molar-refractivity contribution is 0.0396. The van der Waals surface area contributed by atoms with Crippen molar-refractivity contribution in [2.24, 2.45) is 0 Å². The van der Waals surface area contributed by atoms with Crippen molar-refractivity contribution in [3.63, 3.8) is 0 Å². The zero-order valence-electron chi connectivity index (χ0n) is 18.4. The van der Waals surface area contributed by atoms with Gasteiger partial charge in [-0.3, -0.25) is 0 Å². The summed E-state index contributed by atoms with van der Waals surface area (Å²) in [6, 6.07) is 9.75. The third-order valence-electron chi connectivity index (χ3n) is 5.44. The molecule has 1 aliphatic rings. The highest BCUT2D eigenvalue weighted by atomic mass is 32.2. The zero-order valence-corrected chi connectivity index (χ0v) is 20.0. The summed E-state index contributed by atoms with van der Waals surface area (Å²) >= 11 is 1.60. The Balaban J connectivity index is 1.43. The van der Waals surface area contributed by atoms with E-state index in [1.807, 2.05) is 35.7 Å². The van der Waals surface area contributed by atoms with E-state index in [1.165, 1.54) is 0 Å². The fourth-order valence-corrected chi connectivity index (χ4v) is 5.08. The molecule has 1 unspecified atom stereocenters. The van der Waals surface area contributed by atoms with Crippen LogP contribution < -0.4 is 15.4 Å². The molecule has 4 heterocycles. The van der Waals surface area contributed by atoms with Crippen molar-refractivity contribution < 1.29 is 13.2 Å². The van der Waals surface area contributed by atoms with Crippen LogP contribution in [-0.2, 0) is 21.3 Å². The first-order chi connectivity index (χ1) is 16.4. The molecule has 1 saturated heterocycles. The molecule has 1 aliphatic heterocycles. The molecule has 12 heteroatoms. The van der Waals surface area contributed by atoms with E-state index >= 15 is 0 Å². The van der Waals surface area contributed by atoms with Crippen molar-refractivity contribution >= 4 is 43.3 Å². The Hall–Kier alpha value is -3.19. The van der Waals surface area contributed by atoms with Crippen molar-refractivity contribution in [2.75, 3.05) is 36.6 Å². The van der Waals surface area contributed by atoms with Crippen molar-refractivity contribution in [3.05, 3.63) is 59.2 Å². The van der Waals surface area contributed by atoms with Crippen molar-refractivity contribution in [2.45, 2.75) is 12.6 Å². The highest BCUT2D eigenvalue weighted by Gasteiger charge is 2.26. The van der Waals surface area contributed by atoms with E-state index in [1.54, 1.807) is 23.7 Å². The summed E-state index contributed by atoms with van der Waals surface area (Å²) in [5, 5.41) is 2.00. The molecule has 176 valence electrons. The number of ether oxygens (including phenoxy) is 1. The van der Waals surface area contributed by atoms with Gasteiger partial charge in [-0.25, -0.2) is 33.1 Å². The minimum atomic E-state index is -3.27. The number of nitrogen functional groups attached to an aromatic ring is 1. The number of rotatable bonds is 6. The fourth-order valence-electron chi connectivity index (χ4n) is 3.81. The van der Waals surface area contributed by atoms with Crippen LogP contribution in [0.2, 0.25) is 0 Å². The van der Waals surface area contributed by atoms with Crippen LogP contribution in [0.1, 0.15) is 17.2 Å². The molecule has 0 bridgehead atoms. The fraction of sp³-hybridized carbons (Fsp3) is 0.273. The number of nitrogens with one attached hydrogen (secondary N) is 1. The van der Waals surface area contributed by atoms with Gasteiger partial charge >= 0.3 is 0 Å². The smallest absolute Gasteiger partial charge is 0.219 e. The van der Waals surface area contributed by atoms with Gasteiger partial charge in [0, 0.05) is 32.0 Å². The van der Waals surface area contributed by atoms with E-state index in [0.717, 1.165) is 33.4 Å². The van der Waals surface area contributed by atoms with Gasteiger partial charge in [0.25, 0.3) is 0 Å². The predicted molar refractivity (Wildman–Crippen MR) is 132 cm³/mol. The molecule has 0 spiro atoms. The third-order valence-corrected chi connectivity index (χ3v) is 7.01. The van der Waals surface area contributed by atoms with Gasteiger partial charge in [-0.15, -0.1) is 11.3 Å². The topological polar surface area (TPSA) is 136 Å². The first kappa shape index (κ1) is 22.6. The highest BCUT2D eigenvalue weighted by Crippen LogP contribution is 2.34. The number of thiophene rings is 1. The minimum Gasteiger partial charge on any atom is -0.370 e. The summed E-state index contributed by atoms with van der Waals surface area (Å²) in [5.41, 5.74) is 9.04. The molecule has 0 saturated carbocycles. The molecule has 5 rings (SSSR count). The molecule has 1 fully saturated rings. The first-order valence-electron chi connectivity index (χ1n) is 10.6. The Morgan fingerprint density at radius 2 is 2.06 bits per heavy atom. The van der Waals surface area contributed by atoms with Crippen LogP contribution in [0.4, 0.5) is 11.8 Å². The summed E-state index contributed by atoms with van der Waals surface area (Å²) in [6.45, 7) is 2.06. The van der Waals surface area contributed by atoms with E-state index in [-0.39, 0.29) is 18.6 Å². The Morgan fingerprint density at radius 3 is 2.85 bits per heavy atom. The lowest BCUT2D eigenvalue weighted by atomic mass is 10.0. The Kier molecular flexibility index (Phi) is 6.13. The number of sulfonamides is 1. The van der Waals surface area contributed by atoms with Gasteiger partial charge in [0.05, 0.1) is 28.6 Å². The van der Waals surface area contributed by atoms with Gasteiger partial charge in [-0.1, -0.05) is 24.3 Å². The number of nitrogens with two attached hydrogens (primary N) is 1. The number of aromatic nitrogens is 4. The van der Waals surface area contributed by atoms with Crippen LogP contribution in [-0.4, -0.2) is 54.3 Å². The number of anilines is 2. The third kappa shape index (κ3) is 4.99. The molecular weight excluding hydrogens is 474 g/mol.